The van der Waals surface area contributed by atoms with Gasteiger partial charge in [0.1, 0.15) is 5.82 Å². The van der Waals surface area contributed by atoms with Gasteiger partial charge in [-0.15, -0.1) is 0 Å². The number of rotatable bonds is 4. The highest BCUT2D eigenvalue weighted by molar-refractivity contribution is 6.37. The molecule has 7 heteroatoms. The van der Waals surface area contributed by atoms with Gasteiger partial charge < -0.3 is 5.32 Å². The lowest BCUT2D eigenvalue weighted by Crippen LogP contribution is -2.12. The predicted octanol–water partition coefficient (Wildman–Crippen LogP) is 4.63. The highest BCUT2D eigenvalue weighted by atomic mass is 35.5. The Labute approximate surface area is 147 Å². The second-order valence-corrected chi connectivity index (χ2v) is 5.93. The number of carbonyl (C=O) groups is 1. The van der Waals surface area contributed by atoms with Gasteiger partial charge in [-0.1, -0.05) is 53.5 Å². The molecular formula is C17H12Cl2FN3O. The minimum Gasteiger partial charge on any atom is -0.319 e. The summed E-state index contributed by atoms with van der Waals surface area (Å²) in [6.07, 6.45) is 3.20. The quantitative estimate of drug-likeness (QED) is 0.686. The first-order valence-electron chi connectivity index (χ1n) is 7.05. The van der Waals surface area contributed by atoms with Gasteiger partial charge in [-0.05, 0) is 17.7 Å². The van der Waals surface area contributed by atoms with Crippen LogP contribution in [0.1, 0.15) is 15.9 Å². The van der Waals surface area contributed by atoms with E-state index in [1.165, 1.54) is 12.3 Å². The van der Waals surface area contributed by atoms with Crippen LogP contribution in [0.4, 0.5) is 10.1 Å². The molecule has 1 amide bonds. The first kappa shape index (κ1) is 16.5. The smallest absolute Gasteiger partial charge is 0.257 e. The van der Waals surface area contributed by atoms with E-state index < -0.39 is 11.7 Å². The van der Waals surface area contributed by atoms with Crippen LogP contribution in [0.5, 0.6) is 0 Å². The minimum absolute atomic E-state index is 0.00868. The Bertz CT molecular complexity index is 881. The maximum atomic E-state index is 13.5. The summed E-state index contributed by atoms with van der Waals surface area (Å²) >= 11 is 11.6. The first-order chi connectivity index (χ1) is 11.5. The van der Waals surface area contributed by atoms with Crippen LogP contribution < -0.4 is 5.32 Å². The number of hydrogen-bond acceptors (Lipinski definition) is 2. The fourth-order valence-corrected chi connectivity index (χ4v) is 2.65. The standard InChI is InChI=1S/C17H12Cl2FN3O/c18-14-7-15(19)16(20)6-13(14)17(24)22-12-8-21-23(10-12)9-11-4-2-1-3-5-11/h1-8,10H,9H2,(H,22,24). The van der Waals surface area contributed by atoms with Crippen molar-refractivity contribution in [2.75, 3.05) is 5.32 Å². The average molecular weight is 364 g/mol. The lowest BCUT2D eigenvalue weighted by Gasteiger charge is -2.06. The van der Waals surface area contributed by atoms with Crippen LogP contribution in [0.3, 0.4) is 0 Å². The Morgan fingerprint density at radius 2 is 1.92 bits per heavy atom. The second-order valence-electron chi connectivity index (χ2n) is 5.11. The zero-order valence-electron chi connectivity index (χ0n) is 12.3. The summed E-state index contributed by atoms with van der Waals surface area (Å²) in [6, 6.07) is 12.0. The van der Waals surface area contributed by atoms with Gasteiger partial charge in [-0.25, -0.2) is 4.39 Å². The SMILES string of the molecule is O=C(Nc1cnn(Cc2ccccc2)c1)c1cc(F)c(Cl)cc1Cl. The van der Waals surface area contributed by atoms with Crippen LogP contribution in [0.15, 0.2) is 54.9 Å². The van der Waals surface area contributed by atoms with E-state index in [1.54, 1.807) is 10.9 Å². The van der Waals surface area contributed by atoms with Crippen molar-refractivity contribution in [1.82, 2.24) is 9.78 Å². The summed E-state index contributed by atoms with van der Waals surface area (Å²) in [4.78, 5) is 12.2. The number of halogens is 3. The molecule has 1 heterocycles. The van der Waals surface area contributed by atoms with Gasteiger partial charge in [0, 0.05) is 6.20 Å². The highest BCUT2D eigenvalue weighted by Gasteiger charge is 2.15. The van der Waals surface area contributed by atoms with E-state index in [0.717, 1.165) is 11.6 Å². The van der Waals surface area contributed by atoms with E-state index >= 15 is 0 Å². The maximum absolute atomic E-state index is 13.5. The Balaban J connectivity index is 1.73. The lowest BCUT2D eigenvalue weighted by atomic mass is 10.2. The number of nitrogens with zero attached hydrogens (tertiary/aromatic N) is 2. The van der Waals surface area contributed by atoms with Gasteiger partial charge in [-0.3, -0.25) is 9.48 Å². The zero-order valence-corrected chi connectivity index (χ0v) is 13.9. The third-order valence-electron chi connectivity index (χ3n) is 3.33. The molecule has 0 fully saturated rings. The molecule has 2 aromatic carbocycles. The molecule has 0 aliphatic heterocycles. The van der Waals surface area contributed by atoms with Gasteiger partial charge in [0.2, 0.25) is 0 Å². The molecule has 4 nitrogen and oxygen atoms in total. The monoisotopic (exact) mass is 363 g/mol. The summed E-state index contributed by atoms with van der Waals surface area (Å²) in [5, 5.41) is 6.77. The molecule has 0 saturated carbocycles. The molecule has 0 saturated heterocycles. The third kappa shape index (κ3) is 3.75. The van der Waals surface area contributed by atoms with Crippen LogP contribution in [-0.2, 0) is 6.54 Å². The van der Waals surface area contributed by atoms with Gasteiger partial charge in [0.15, 0.2) is 0 Å². The Kier molecular flexibility index (Phi) is 4.83. The predicted molar refractivity (Wildman–Crippen MR) is 92.1 cm³/mol. The fraction of sp³-hybridized carbons (Fsp3) is 0.0588. The first-order valence-corrected chi connectivity index (χ1v) is 7.81. The van der Waals surface area contributed by atoms with Crippen LogP contribution in [0, 0.1) is 5.82 Å². The van der Waals surface area contributed by atoms with Gasteiger partial charge in [-0.2, -0.15) is 5.10 Å². The molecule has 3 rings (SSSR count). The molecule has 1 N–H and O–H groups in total. The number of aromatic nitrogens is 2. The van der Waals surface area contributed by atoms with Gasteiger partial charge >= 0.3 is 0 Å². The fourth-order valence-electron chi connectivity index (χ4n) is 2.18. The number of nitrogens with one attached hydrogen (secondary N) is 1. The van der Waals surface area contributed by atoms with Crippen LogP contribution in [-0.4, -0.2) is 15.7 Å². The van der Waals surface area contributed by atoms with E-state index in [4.69, 9.17) is 23.2 Å². The molecule has 0 radical (unpaired) electrons. The average Bonchev–Trinajstić information content (AvgIpc) is 2.98. The van der Waals surface area contributed by atoms with E-state index in [0.29, 0.717) is 12.2 Å². The molecule has 0 bridgehead atoms. The number of benzene rings is 2. The Morgan fingerprint density at radius 1 is 1.17 bits per heavy atom. The summed E-state index contributed by atoms with van der Waals surface area (Å²) in [5.74, 6) is -1.24. The van der Waals surface area contributed by atoms with E-state index in [-0.39, 0.29) is 15.6 Å². The van der Waals surface area contributed by atoms with E-state index in [1.807, 2.05) is 30.3 Å². The summed E-state index contributed by atoms with van der Waals surface area (Å²) in [7, 11) is 0. The maximum Gasteiger partial charge on any atom is 0.257 e. The largest absolute Gasteiger partial charge is 0.319 e. The zero-order chi connectivity index (χ0) is 17.1. The number of anilines is 1. The normalized spacial score (nSPS) is 10.6. The van der Waals surface area contributed by atoms with Crippen LogP contribution in [0.2, 0.25) is 10.0 Å². The van der Waals surface area contributed by atoms with Crippen molar-refractivity contribution in [2.45, 2.75) is 6.54 Å². The van der Waals surface area contributed by atoms with E-state index in [2.05, 4.69) is 10.4 Å². The van der Waals surface area contributed by atoms with Crippen molar-refractivity contribution >= 4 is 34.8 Å². The Morgan fingerprint density at radius 3 is 2.67 bits per heavy atom. The lowest BCUT2D eigenvalue weighted by molar-refractivity contribution is 0.102. The minimum atomic E-state index is -0.703. The topological polar surface area (TPSA) is 46.9 Å². The summed E-state index contributed by atoms with van der Waals surface area (Å²) in [6.45, 7) is 0.576. The van der Waals surface area contributed by atoms with Crippen molar-refractivity contribution in [1.29, 1.82) is 0 Å². The van der Waals surface area contributed by atoms with Crippen molar-refractivity contribution < 1.29 is 9.18 Å². The number of hydrogen-bond donors (Lipinski definition) is 1. The number of amides is 1. The number of carbonyl (C=O) groups excluding carboxylic acids is 1. The highest BCUT2D eigenvalue weighted by Crippen LogP contribution is 2.25. The molecule has 0 atom stereocenters. The molecule has 0 spiro atoms. The molecule has 3 aromatic rings. The van der Waals surface area contributed by atoms with Crippen LogP contribution in [0.25, 0.3) is 0 Å². The molecule has 1 aromatic heterocycles. The Hall–Kier alpha value is -2.37. The van der Waals surface area contributed by atoms with Crippen molar-refractivity contribution in [3.8, 4) is 0 Å². The van der Waals surface area contributed by atoms with Crippen LogP contribution >= 0.6 is 23.2 Å². The second kappa shape index (κ2) is 7.03. The molecule has 0 aliphatic rings. The molecule has 0 aliphatic carbocycles. The van der Waals surface area contributed by atoms with Crippen molar-refractivity contribution in [3.05, 3.63) is 81.8 Å². The van der Waals surface area contributed by atoms with Gasteiger partial charge in [0.25, 0.3) is 5.91 Å². The summed E-state index contributed by atoms with van der Waals surface area (Å²) in [5.41, 5.74) is 1.58. The third-order valence-corrected chi connectivity index (χ3v) is 3.94. The molecule has 0 unspecified atom stereocenters. The summed E-state index contributed by atoms with van der Waals surface area (Å²) < 4.78 is 15.2. The van der Waals surface area contributed by atoms with Crippen molar-refractivity contribution in [2.24, 2.45) is 0 Å². The molecule has 122 valence electrons. The molecule has 24 heavy (non-hydrogen) atoms. The van der Waals surface area contributed by atoms with E-state index in [9.17, 15) is 9.18 Å². The van der Waals surface area contributed by atoms with Gasteiger partial charge in [0.05, 0.1) is 34.0 Å². The van der Waals surface area contributed by atoms with Crippen molar-refractivity contribution in [3.63, 3.8) is 0 Å². The molecular weight excluding hydrogens is 352 g/mol.